The summed E-state index contributed by atoms with van der Waals surface area (Å²) in [5.41, 5.74) is 1.02. The number of piperidine rings is 1. The van der Waals surface area contributed by atoms with Gasteiger partial charge in [-0.15, -0.1) is 12.6 Å². The van der Waals surface area contributed by atoms with Crippen molar-refractivity contribution < 1.29 is 4.79 Å². The van der Waals surface area contributed by atoms with Gasteiger partial charge in [0.25, 0.3) is 0 Å². The Morgan fingerprint density at radius 1 is 1.24 bits per heavy atom. The highest BCUT2D eigenvalue weighted by atomic mass is 32.1. The van der Waals surface area contributed by atoms with E-state index in [4.69, 9.17) is 0 Å². The number of carbonyl (C=O) groups excluding carboxylic acids is 1. The smallest absolute Gasteiger partial charge is 0.246 e. The molecule has 2 rings (SSSR count). The van der Waals surface area contributed by atoms with Crippen molar-refractivity contribution in [2.75, 3.05) is 13.1 Å². The molecule has 0 N–H and O–H groups in total. The largest absolute Gasteiger partial charge is 0.339 e. The molecule has 0 radical (unpaired) electrons. The summed E-state index contributed by atoms with van der Waals surface area (Å²) in [5, 5.41) is 0. The zero-order chi connectivity index (χ0) is 12.1. The van der Waals surface area contributed by atoms with Crippen molar-refractivity contribution in [2.24, 2.45) is 0 Å². The van der Waals surface area contributed by atoms with E-state index in [1.807, 2.05) is 35.2 Å². The molecule has 0 spiro atoms. The van der Waals surface area contributed by atoms with Gasteiger partial charge in [0.05, 0.1) is 0 Å². The number of thiol groups is 1. The van der Waals surface area contributed by atoms with Gasteiger partial charge in [0.15, 0.2) is 0 Å². The van der Waals surface area contributed by atoms with Gasteiger partial charge in [0, 0.05) is 24.1 Å². The lowest BCUT2D eigenvalue weighted by Gasteiger charge is -2.25. The fraction of sp³-hybridized carbons (Fsp3) is 0.357. The molecule has 0 saturated carbocycles. The van der Waals surface area contributed by atoms with Gasteiger partial charge in [0.2, 0.25) is 5.91 Å². The van der Waals surface area contributed by atoms with Crippen LogP contribution in [0.5, 0.6) is 0 Å². The molecule has 1 heterocycles. The van der Waals surface area contributed by atoms with Gasteiger partial charge in [-0.2, -0.15) is 0 Å². The molecule has 1 aromatic rings. The number of likely N-dealkylation sites (tertiary alicyclic amines) is 1. The zero-order valence-electron chi connectivity index (χ0n) is 9.80. The van der Waals surface area contributed by atoms with Crippen LogP contribution in [0.1, 0.15) is 24.8 Å². The number of benzene rings is 1. The molecule has 2 nitrogen and oxygen atoms in total. The van der Waals surface area contributed by atoms with Gasteiger partial charge in [0.1, 0.15) is 0 Å². The molecule has 3 heteroatoms. The summed E-state index contributed by atoms with van der Waals surface area (Å²) in [7, 11) is 0. The number of hydrogen-bond acceptors (Lipinski definition) is 2. The second-order valence-electron chi connectivity index (χ2n) is 4.31. The molecule has 0 aliphatic carbocycles. The summed E-state index contributed by atoms with van der Waals surface area (Å²) in [6.45, 7) is 1.80. The predicted octanol–water partition coefficient (Wildman–Crippen LogP) is 3.00. The third-order valence-corrected chi connectivity index (χ3v) is 3.23. The van der Waals surface area contributed by atoms with Crippen LogP contribution in [0.3, 0.4) is 0 Å². The minimum atomic E-state index is 0.120. The molecule has 1 aliphatic heterocycles. The molecule has 1 fully saturated rings. The second-order valence-corrected chi connectivity index (χ2v) is 4.83. The molecule has 0 aromatic heterocycles. The third kappa shape index (κ3) is 3.63. The van der Waals surface area contributed by atoms with Gasteiger partial charge >= 0.3 is 0 Å². The van der Waals surface area contributed by atoms with E-state index in [-0.39, 0.29) is 5.91 Å². The Bertz CT molecular complexity index is 422. The van der Waals surface area contributed by atoms with Gasteiger partial charge in [-0.3, -0.25) is 4.79 Å². The molecule has 90 valence electrons. The van der Waals surface area contributed by atoms with Gasteiger partial charge < -0.3 is 4.90 Å². The van der Waals surface area contributed by atoms with Crippen molar-refractivity contribution in [3.63, 3.8) is 0 Å². The van der Waals surface area contributed by atoms with Crippen molar-refractivity contribution in [3.05, 3.63) is 35.9 Å². The van der Waals surface area contributed by atoms with E-state index in [1.165, 1.54) is 6.42 Å². The molecular weight excluding hydrogens is 230 g/mol. The first kappa shape index (κ1) is 12.2. The van der Waals surface area contributed by atoms with Crippen molar-refractivity contribution in [1.82, 2.24) is 4.90 Å². The lowest BCUT2D eigenvalue weighted by atomic mass is 10.1. The average molecular weight is 247 g/mol. The highest BCUT2D eigenvalue weighted by Crippen LogP contribution is 2.12. The number of nitrogens with zero attached hydrogens (tertiary/aromatic N) is 1. The minimum Gasteiger partial charge on any atom is -0.339 e. The molecule has 1 saturated heterocycles. The van der Waals surface area contributed by atoms with Crippen molar-refractivity contribution >= 4 is 24.6 Å². The van der Waals surface area contributed by atoms with E-state index in [0.717, 1.165) is 36.4 Å². The first-order valence-corrected chi connectivity index (χ1v) is 6.46. The van der Waals surface area contributed by atoms with Crippen LogP contribution < -0.4 is 0 Å². The first-order chi connectivity index (χ1) is 8.25. The molecule has 0 bridgehead atoms. The normalized spacial score (nSPS) is 16.4. The molecule has 1 aliphatic rings. The van der Waals surface area contributed by atoms with Crippen LogP contribution >= 0.6 is 12.6 Å². The summed E-state index contributed by atoms with van der Waals surface area (Å²) < 4.78 is 0. The summed E-state index contributed by atoms with van der Waals surface area (Å²) in [6.07, 6.45) is 7.02. The van der Waals surface area contributed by atoms with E-state index >= 15 is 0 Å². The average Bonchev–Trinajstić information content (AvgIpc) is 2.37. The Balaban J connectivity index is 1.97. The van der Waals surface area contributed by atoms with Crippen molar-refractivity contribution in [2.45, 2.75) is 24.2 Å². The molecule has 0 atom stereocenters. The Hall–Kier alpha value is -1.22. The van der Waals surface area contributed by atoms with E-state index < -0.39 is 0 Å². The maximum Gasteiger partial charge on any atom is 0.246 e. The highest BCUT2D eigenvalue weighted by Gasteiger charge is 2.13. The van der Waals surface area contributed by atoms with Crippen LogP contribution in [0.2, 0.25) is 0 Å². The fourth-order valence-electron chi connectivity index (χ4n) is 2.02. The number of rotatable bonds is 2. The number of amides is 1. The molecule has 1 aromatic carbocycles. The van der Waals surface area contributed by atoms with Gasteiger partial charge in [-0.05, 0) is 43.0 Å². The van der Waals surface area contributed by atoms with Crippen LogP contribution in [0.25, 0.3) is 6.08 Å². The lowest BCUT2D eigenvalue weighted by molar-refractivity contribution is -0.126. The van der Waals surface area contributed by atoms with Gasteiger partial charge in [-0.1, -0.05) is 12.1 Å². The molecule has 0 unspecified atom stereocenters. The Kier molecular flexibility index (Phi) is 4.26. The molecular formula is C14H17NOS. The summed E-state index contributed by atoms with van der Waals surface area (Å²) in [5.74, 6) is 0.120. The zero-order valence-corrected chi connectivity index (χ0v) is 10.7. The second kappa shape index (κ2) is 5.92. The van der Waals surface area contributed by atoms with Crippen LogP contribution in [0, 0.1) is 0 Å². The Morgan fingerprint density at radius 3 is 2.71 bits per heavy atom. The van der Waals surface area contributed by atoms with Crippen molar-refractivity contribution in [1.29, 1.82) is 0 Å². The molecule has 17 heavy (non-hydrogen) atoms. The lowest BCUT2D eigenvalue weighted by Crippen LogP contribution is -2.34. The Labute approximate surface area is 108 Å². The quantitative estimate of drug-likeness (QED) is 0.629. The third-order valence-electron chi connectivity index (χ3n) is 2.96. The van der Waals surface area contributed by atoms with Crippen LogP contribution in [0.4, 0.5) is 0 Å². The maximum absolute atomic E-state index is 11.9. The SMILES string of the molecule is O=C(/C=C/c1cccc(S)c1)N1CCCCC1. The van der Waals surface area contributed by atoms with E-state index in [2.05, 4.69) is 12.6 Å². The maximum atomic E-state index is 11.9. The highest BCUT2D eigenvalue weighted by molar-refractivity contribution is 7.80. The van der Waals surface area contributed by atoms with Crippen LogP contribution in [-0.4, -0.2) is 23.9 Å². The summed E-state index contributed by atoms with van der Waals surface area (Å²) in [4.78, 5) is 14.7. The first-order valence-electron chi connectivity index (χ1n) is 6.02. The number of carbonyl (C=O) groups is 1. The summed E-state index contributed by atoms with van der Waals surface area (Å²) in [6, 6.07) is 7.78. The van der Waals surface area contributed by atoms with Crippen LogP contribution in [-0.2, 0) is 4.79 Å². The Morgan fingerprint density at radius 2 is 2.00 bits per heavy atom. The van der Waals surface area contributed by atoms with Gasteiger partial charge in [-0.25, -0.2) is 0 Å². The number of hydrogen-bond donors (Lipinski definition) is 1. The minimum absolute atomic E-state index is 0.120. The van der Waals surface area contributed by atoms with E-state index in [0.29, 0.717) is 0 Å². The fourth-order valence-corrected chi connectivity index (χ4v) is 2.25. The monoisotopic (exact) mass is 247 g/mol. The predicted molar refractivity (Wildman–Crippen MR) is 73.2 cm³/mol. The standard InChI is InChI=1S/C14H17NOS/c16-14(15-9-2-1-3-10-15)8-7-12-5-4-6-13(17)11-12/h4-8,11,17H,1-3,9-10H2/b8-7+. The topological polar surface area (TPSA) is 20.3 Å². The van der Waals surface area contributed by atoms with E-state index in [1.54, 1.807) is 6.08 Å². The van der Waals surface area contributed by atoms with E-state index in [9.17, 15) is 4.79 Å². The summed E-state index contributed by atoms with van der Waals surface area (Å²) >= 11 is 4.27. The van der Waals surface area contributed by atoms with Crippen molar-refractivity contribution in [3.8, 4) is 0 Å². The van der Waals surface area contributed by atoms with Crippen LogP contribution in [0.15, 0.2) is 35.2 Å². The molecule has 1 amide bonds.